The molecule has 1 amide bonds. The minimum Gasteiger partial charge on any atom is -0.289 e. The molecule has 96 valence electrons. The molecule has 0 fully saturated rings. The van der Waals surface area contributed by atoms with Crippen LogP contribution >= 0.6 is 22.9 Å². The molecule has 2 aromatic rings. The molecule has 0 unspecified atom stereocenters. The van der Waals surface area contributed by atoms with Gasteiger partial charge in [-0.05, 0) is 25.4 Å². The van der Waals surface area contributed by atoms with Crippen LogP contribution in [0.25, 0.3) is 0 Å². The van der Waals surface area contributed by atoms with Crippen molar-refractivity contribution in [3.8, 4) is 0 Å². The first kappa shape index (κ1) is 13.1. The van der Waals surface area contributed by atoms with Gasteiger partial charge in [-0.25, -0.2) is 9.97 Å². The molecule has 18 heavy (non-hydrogen) atoms. The van der Waals surface area contributed by atoms with Crippen molar-refractivity contribution in [2.75, 3.05) is 5.32 Å². The van der Waals surface area contributed by atoms with Crippen molar-refractivity contribution in [2.45, 2.75) is 33.6 Å². The molecule has 2 heterocycles. The number of nitrogens with one attached hydrogen (secondary N) is 1. The number of thiazole rings is 1. The van der Waals surface area contributed by atoms with E-state index in [1.165, 1.54) is 22.9 Å². The van der Waals surface area contributed by atoms with Gasteiger partial charge in [-0.3, -0.25) is 10.1 Å². The fourth-order valence-electron chi connectivity index (χ4n) is 1.38. The lowest BCUT2D eigenvalue weighted by molar-refractivity contribution is 0.102. The smallest absolute Gasteiger partial charge is 0.270 e. The van der Waals surface area contributed by atoms with Gasteiger partial charge in [-0.15, -0.1) is 11.3 Å². The van der Waals surface area contributed by atoms with E-state index < -0.39 is 0 Å². The molecule has 0 bridgehead atoms. The van der Waals surface area contributed by atoms with Crippen molar-refractivity contribution in [2.24, 2.45) is 0 Å². The van der Waals surface area contributed by atoms with Crippen LogP contribution in [0.3, 0.4) is 0 Å². The summed E-state index contributed by atoms with van der Waals surface area (Å²) in [6.07, 6.45) is 0. The minimum absolute atomic E-state index is 0.185. The Morgan fingerprint density at radius 3 is 2.50 bits per heavy atom. The number of hydrogen-bond acceptors (Lipinski definition) is 6. The second kappa shape index (κ2) is 5.11. The molecule has 0 aromatic carbocycles. The number of anilines is 1. The molecule has 0 aliphatic carbocycles. The quantitative estimate of drug-likeness (QED) is 0.939. The van der Waals surface area contributed by atoms with E-state index in [9.17, 15) is 4.79 Å². The van der Waals surface area contributed by atoms with Crippen LogP contribution in [-0.2, 0) is 0 Å². The number of aryl methyl sites for hydroxylation is 2. The topological polar surface area (TPSA) is 67.8 Å². The van der Waals surface area contributed by atoms with E-state index in [0.717, 1.165) is 15.7 Å². The average Bonchev–Trinajstić information content (AvgIpc) is 2.85. The maximum Gasteiger partial charge on any atom is 0.270 e. The van der Waals surface area contributed by atoms with Crippen molar-refractivity contribution in [1.82, 2.24) is 14.3 Å². The molecule has 7 heteroatoms. The van der Waals surface area contributed by atoms with E-state index in [2.05, 4.69) is 33.5 Å². The molecule has 2 rings (SSSR count). The summed E-state index contributed by atoms with van der Waals surface area (Å²) in [5, 5.41) is 4.49. The van der Waals surface area contributed by atoms with Gasteiger partial charge < -0.3 is 0 Å². The summed E-state index contributed by atoms with van der Waals surface area (Å²) >= 11 is 2.69. The fraction of sp³-hybridized carbons (Fsp3) is 0.455. The molecule has 0 atom stereocenters. The first-order chi connectivity index (χ1) is 8.47. The molecule has 0 saturated heterocycles. The highest BCUT2D eigenvalue weighted by atomic mass is 32.1. The molecule has 0 aliphatic rings. The van der Waals surface area contributed by atoms with Gasteiger partial charge in [0.25, 0.3) is 5.91 Å². The standard InChI is InChI=1S/C11H14N4OS2/c1-5(2)10-12-6(3)8(17-10)9(16)14-11-13-7(4)18-15-11/h5H,1-4H3,(H,14,15,16). The summed E-state index contributed by atoms with van der Waals surface area (Å²) in [5.74, 6) is 0.506. The van der Waals surface area contributed by atoms with Gasteiger partial charge in [0.15, 0.2) is 0 Å². The first-order valence-electron chi connectivity index (χ1n) is 5.56. The van der Waals surface area contributed by atoms with E-state index in [0.29, 0.717) is 16.7 Å². The van der Waals surface area contributed by atoms with E-state index in [1.54, 1.807) is 0 Å². The highest BCUT2D eigenvalue weighted by molar-refractivity contribution is 7.14. The average molecular weight is 282 g/mol. The molecule has 1 N–H and O–H groups in total. The van der Waals surface area contributed by atoms with Crippen LogP contribution in [0.1, 0.15) is 45.1 Å². The number of carbonyl (C=O) groups excluding carboxylic acids is 1. The van der Waals surface area contributed by atoms with Gasteiger partial charge in [0.2, 0.25) is 5.95 Å². The number of rotatable bonds is 3. The Labute approximate surface area is 113 Å². The molecule has 5 nitrogen and oxygen atoms in total. The predicted molar refractivity (Wildman–Crippen MR) is 73.5 cm³/mol. The highest BCUT2D eigenvalue weighted by Crippen LogP contribution is 2.25. The Bertz CT molecular complexity index is 573. The summed E-state index contributed by atoms with van der Waals surface area (Å²) in [5.41, 5.74) is 0.758. The zero-order valence-electron chi connectivity index (χ0n) is 10.6. The molecule has 2 aromatic heterocycles. The Morgan fingerprint density at radius 2 is 2.00 bits per heavy atom. The Kier molecular flexibility index (Phi) is 3.72. The van der Waals surface area contributed by atoms with E-state index in [4.69, 9.17) is 0 Å². The second-order valence-corrected chi connectivity index (χ2v) is 6.20. The normalized spacial score (nSPS) is 10.9. The Morgan fingerprint density at radius 1 is 1.28 bits per heavy atom. The molecule has 0 aliphatic heterocycles. The minimum atomic E-state index is -0.185. The molecule has 0 spiro atoms. The van der Waals surface area contributed by atoms with Crippen LogP contribution in [-0.4, -0.2) is 20.2 Å². The Balaban J connectivity index is 2.18. The fourth-order valence-corrected chi connectivity index (χ4v) is 2.78. The van der Waals surface area contributed by atoms with Crippen molar-refractivity contribution in [1.29, 1.82) is 0 Å². The largest absolute Gasteiger partial charge is 0.289 e. The monoisotopic (exact) mass is 282 g/mol. The number of carbonyl (C=O) groups is 1. The van der Waals surface area contributed by atoms with Crippen LogP contribution in [0.2, 0.25) is 0 Å². The summed E-state index contributed by atoms with van der Waals surface area (Å²) in [6, 6.07) is 0. The first-order valence-corrected chi connectivity index (χ1v) is 7.15. The SMILES string of the molecule is Cc1nc(NC(=O)c2sc(C(C)C)nc2C)ns1. The molecule has 0 saturated carbocycles. The Hall–Kier alpha value is -1.34. The van der Waals surface area contributed by atoms with Gasteiger partial charge in [0.05, 0.1) is 10.7 Å². The van der Waals surface area contributed by atoms with E-state index in [-0.39, 0.29) is 5.91 Å². The molecular formula is C11H14N4OS2. The number of amides is 1. The zero-order valence-corrected chi connectivity index (χ0v) is 12.3. The highest BCUT2D eigenvalue weighted by Gasteiger charge is 2.18. The van der Waals surface area contributed by atoms with Crippen molar-refractivity contribution in [3.05, 3.63) is 20.6 Å². The lowest BCUT2D eigenvalue weighted by Crippen LogP contribution is -2.12. The third kappa shape index (κ3) is 2.73. The van der Waals surface area contributed by atoms with Gasteiger partial charge in [0.1, 0.15) is 9.88 Å². The maximum atomic E-state index is 12.1. The summed E-state index contributed by atoms with van der Waals surface area (Å²) in [6.45, 7) is 7.82. The van der Waals surface area contributed by atoms with Crippen LogP contribution in [0.4, 0.5) is 5.95 Å². The third-order valence-electron chi connectivity index (χ3n) is 2.27. The third-order valence-corrected chi connectivity index (χ3v) is 4.34. The lowest BCUT2D eigenvalue weighted by atomic mass is 10.2. The van der Waals surface area contributed by atoms with Crippen LogP contribution in [0.15, 0.2) is 0 Å². The molecule has 0 radical (unpaired) electrons. The van der Waals surface area contributed by atoms with Crippen molar-refractivity contribution in [3.63, 3.8) is 0 Å². The summed E-state index contributed by atoms with van der Waals surface area (Å²) in [7, 11) is 0. The van der Waals surface area contributed by atoms with Crippen LogP contribution in [0, 0.1) is 13.8 Å². The van der Waals surface area contributed by atoms with Gasteiger partial charge in [0, 0.05) is 5.92 Å². The summed E-state index contributed by atoms with van der Waals surface area (Å²) < 4.78 is 4.04. The van der Waals surface area contributed by atoms with Crippen molar-refractivity contribution < 1.29 is 4.79 Å². The zero-order chi connectivity index (χ0) is 13.3. The van der Waals surface area contributed by atoms with Crippen LogP contribution < -0.4 is 5.32 Å². The van der Waals surface area contributed by atoms with Gasteiger partial charge in [-0.1, -0.05) is 13.8 Å². The van der Waals surface area contributed by atoms with Gasteiger partial charge >= 0.3 is 0 Å². The van der Waals surface area contributed by atoms with Crippen molar-refractivity contribution >= 4 is 34.7 Å². The second-order valence-electron chi connectivity index (χ2n) is 4.21. The number of hydrogen-bond donors (Lipinski definition) is 1. The summed E-state index contributed by atoms with van der Waals surface area (Å²) in [4.78, 5) is 21.2. The predicted octanol–water partition coefficient (Wildman–Crippen LogP) is 2.99. The maximum absolute atomic E-state index is 12.1. The van der Waals surface area contributed by atoms with E-state index in [1.807, 2.05) is 13.8 Å². The van der Waals surface area contributed by atoms with Gasteiger partial charge in [-0.2, -0.15) is 4.37 Å². The van der Waals surface area contributed by atoms with Crippen LogP contribution in [0.5, 0.6) is 0 Å². The molecular weight excluding hydrogens is 268 g/mol. The van der Waals surface area contributed by atoms with E-state index >= 15 is 0 Å². The lowest BCUT2D eigenvalue weighted by Gasteiger charge is -1.98. The number of nitrogens with zero attached hydrogens (tertiary/aromatic N) is 3. The number of aromatic nitrogens is 3.